The first-order chi connectivity index (χ1) is 14.4. The van der Waals surface area contributed by atoms with Crippen molar-refractivity contribution in [2.75, 3.05) is 20.2 Å². The van der Waals surface area contributed by atoms with Crippen LogP contribution in [0.2, 0.25) is 0 Å². The predicted molar refractivity (Wildman–Crippen MR) is 114 cm³/mol. The Morgan fingerprint density at radius 1 is 1.17 bits per heavy atom. The highest BCUT2D eigenvalue weighted by Crippen LogP contribution is 2.21. The lowest BCUT2D eigenvalue weighted by Gasteiger charge is -2.21. The van der Waals surface area contributed by atoms with Gasteiger partial charge in [-0.05, 0) is 43.0 Å². The van der Waals surface area contributed by atoms with Crippen molar-refractivity contribution in [3.63, 3.8) is 0 Å². The summed E-state index contributed by atoms with van der Waals surface area (Å²) in [5.74, 6) is -0.966. The third-order valence-corrected chi connectivity index (χ3v) is 5.68. The summed E-state index contributed by atoms with van der Waals surface area (Å²) < 4.78 is 4.77. The van der Waals surface area contributed by atoms with Gasteiger partial charge >= 0.3 is 5.97 Å². The topological polar surface area (TPSA) is 92.4 Å². The Bertz CT molecular complexity index is 1040. The monoisotopic (exact) mass is 425 g/mol. The largest absolute Gasteiger partial charge is 0.464 e. The van der Waals surface area contributed by atoms with Gasteiger partial charge in [0.2, 0.25) is 0 Å². The van der Waals surface area contributed by atoms with Crippen LogP contribution in [0, 0.1) is 13.8 Å². The quantitative estimate of drug-likeness (QED) is 0.441. The summed E-state index contributed by atoms with van der Waals surface area (Å²) in [5.41, 5.74) is 2.61. The second-order valence-electron chi connectivity index (χ2n) is 6.81. The van der Waals surface area contributed by atoms with Crippen LogP contribution >= 0.6 is 11.3 Å². The van der Waals surface area contributed by atoms with Crippen molar-refractivity contribution < 1.29 is 19.1 Å². The average Bonchev–Trinajstić information content (AvgIpc) is 3.38. The maximum absolute atomic E-state index is 13.1. The minimum atomic E-state index is -0.531. The van der Waals surface area contributed by atoms with E-state index in [1.165, 1.54) is 23.3 Å². The molecule has 0 radical (unpaired) electrons. The van der Waals surface area contributed by atoms with Crippen molar-refractivity contribution in [3.05, 3.63) is 75.0 Å². The van der Waals surface area contributed by atoms with Crippen molar-refractivity contribution in [1.29, 1.82) is 0 Å². The lowest BCUT2D eigenvalue weighted by molar-refractivity contribution is 0.0593. The first-order valence-corrected chi connectivity index (χ1v) is 10.3. The summed E-state index contributed by atoms with van der Waals surface area (Å²) >= 11 is 1.34. The van der Waals surface area contributed by atoms with E-state index in [4.69, 9.17) is 4.74 Å². The molecular weight excluding hydrogens is 402 g/mol. The fourth-order valence-corrected chi connectivity index (χ4v) is 4.02. The maximum atomic E-state index is 13.1. The van der Waals surface area contributed by atoms with E-state index in [-0.39, 0.29) is 23.9 Å². The van der Waals surface area contributed by atoms with Gasteiger partial charge in [-0.15, -0.1) is 11.3 Å². The predicted octanol–water partition coefficient (Wildman–Crippen LogP) is 3.44. The summed E-state index contributed by atoms with van der Waals surface area (Å²) in [7, 11) is 1.29. The van der Waals surface area contributed by atoms with Gasteiger partial charge in [-0.2, -0.15) is 0 Å². The molecule has 7 nitrogen and oxygen atoms in total. The number of H-pyrrole nitrogens is 1. The number of carbonyl (C=O) groups is 3. The molecule has 0 aliphatic carbocycles. The summed E-state index contributed by atoms with van der Waals surface area (Å²) in [6.45, 7) is 3.68. The Morgan fingerprint density at radius 2 is 1.97 bits per heavy atom. The third-order valence-electron chi connectivity index (χ3n) is 4.82. The van der Waals surface area contributed by atoms with Crippen LogP contribution in [0.15, 0.2) is 41.9 Å². The molecule has 0 unspecified atom stereocenters. The van der Waals surface area contributed by atoms with E-state index in [1.54, 1.807) is 32.2 Å². The van der Waals surface area contributed by atoms with Crippen LogP contribution in [-0.4, -0.2) is 52.7 Å². The van der Waals surface area contributed by atoms with Crippen molar-refractivity contribution >= 4 is 29.0 Å². The molecule has 30 heavy (non-hydrogen) atoms. The van der Waals surface area contributed by atoms with E-state index in [0.29, 0.717) is 34.7 Å². The number of nitrogens with zero attached hydrogens (tertiary/aromatic N) is 2. The molecule has 1 amide bonds. The van der Waals surface area contributed by atoms with Crippen molar-refractivity contribution in [3.8, 4) is 0 Å². The first kappa shape index (κ1) is 21.4. The summed E-state index contributed by atoms with van der Waals surface area (Å²) in [5, 5.41) is 1.83. The lowest BCUT2D eigenvalue weighted by Crippen LogP contribution is -2.37. The highest BCUT2D eigenvalue weighted by molar-refractivity contribution is 7.12. The van der Waals surface area contributed by atoms with E-state index < -0.39 is 5.97 Å². The van der Waals surface area contributed by atoms with E-state index in [1.807, 2.05) is 23.6 Å². The molecule has 0 fully saturated rings. The van der Waals surface area contributed by atoms with Crippen LogP contribution in [0.5, 0.6) is 0 Å². The fraction of sp³-hybridized carbons (Fsp3) is 0.273. The number of thiophene rings is 1. The SMILES string of the molecule is COC(=O)c1[nH]c(C)c(C(=O)CN(CCc2ccccn2)C(=O)c2cccs2)c1C. The zero-order valence-corrected chi connectivity index (χ0v) is 17.9. The third kappa shape index (κ3) is 4.65. The van der Waals surface area contributed by atoms with Gasteiger partial charge in [-0.3, -0.25) is 14.6 Å². The highest BCUT2D eigenvalue weighted by atomic mass is 32.1. The average molecular weight is 426 g/mol. The van der Waals surface area contributed by atoms with Crippen LogP contribution in [0.1, 0.15) is 47.5 Å². The van der Waals surface area contributed by atoms with Crippen LogP contribution in [0.3, 0.4) is 0 Å². The number of pyridine rings is 1. The Labute approximate surface area is 178 Å². The number of hydrogen-bond acceptors (Lipinski definition) is 6. The summed E-state index contributed by atoms with van der Waals surface area (Å²) in [6, 6.07) is 9.16. The van der Waals surface area contributed by atoms with Crippen molar-refractivity contribution in [2.24, 2.45) is 0 Å². The van der Waals surface area contributed by atoms with Gasteiger partial charge in [0, 0.05) is 36.1 Å². The van der Waals surface area contributed by atoms with Crippen LogP contribution in [0.4, 0.5) is 0 Å². The Kier molecular flexibility index (Phi) is 6.79. The molecule has 0 aliphatic rings. The highest BCUT2D eigenvalue weighted by Gasteiger charge is 2.26. The first-order valence-electron chi connectivity index (χ1n) is 9.45. The molecule has 1 N–H and O–H groups in total. The van der Waals surface area contributed by atoms with Crippen LogP contribution in [0.25, 0.3) is 0 Å². The number of aromatic nitrogens is 2. The minimum Gasteiger partial charge on any atom is -0.464 e. The van der Waals surface area contributed by atoms with Gasteiger partial charge in [-0.1, -0.05) is 12.1 Å². The molecule has 3 aromatic rings. The van der Waals surface area contributed by atoms with Gasteiger partial charge in [0.05, 0.1) is 18.5 Å². The molecule has 0 saturated heterocycles. The smallest absolute Gasteiger partial charge is 0.354 e. The number of esters is 1. The Balaban J connectivity index is 1.83. The normalized spacial score (nSPS) is 10.6. The zero-order valence-electron chi connectivity index (χ0n) is 17.1. The van der Waals surface area contributed by atoms with Crippen molar-refractivity contribution in [1.82, 2.24) is 14.9 Å². The number of methoxy groups -OCH3 is 1. The Morgan fingerprint density at radius 3 is 2.60 bits per heavy atom. The van der Waals surface area contributed by atoms with E-state index in [0.717, 1.165) is 5.69 Å². The van der Waals surface area contributed by atoms with Crippen LogP contribution < -0.4 is 0 Å². The standard InChI is InChI=1S/C22H23N3O4S/c1-14-19(15(2)24-20(14)22(28)29-3)17(26)13-25(21(27)18-8-6-12-30-18)11-9-16-7-4-5-10-23-16/h4-8,10,12,24H,9,11,13H2,1-3H3. The van der Waals surface area contributed by atoms with Gasteiger partial charge < -0.3 is 14.6 Å². The molecular formula is C22H23N3O4S. The number of carbonyl (C=O) groups excluding carboxylic acids is 3. The number of aryl methyl sites for hydroxylation is 1. The molecule has 0 bridgehead atoms. The number of nitrogens with one attached hydrogen (secondary N) is 1. The molecule has 0 aromatic carbocycles. The second-order valence-corrected chi connectivity index (χ2v) is 7.76. The molecule has 3 rings (SSSR count). The zero-order chi connectivity index (χ0) is 21.7. The van der Waals surface area contributed by atoms with E-state index >= 15 is 0 Å². The van der Waals surface area contributed by atoms with E-state index in [2.05, 4.69) is 9.97 Å². The molecule has 0 aliphatic heterocycles. The number of hydrogen-bond donors (Lipinski definition) is 1. The number of amides is 1. The molecule has 3 aromatic heterocycles. The molecule has 0 saturated carbocycles. The number of ketones is 1. The lowest BCUT2D eigenvalue weighted by atomic mass is 10.0. The minimum absolute atomic E-state index is 0.0935. The molecule has 156 valence electrons. The molecule has 0 spiro atoms. The van der Waals surface area contributed by atoms with Gasteiger partial charge in [0.15, 0.2) is 5.78 Å². The summed E-state index contributed by atoms with van der Waals surface area (Å²) in [4.78, 5) is 47.4. The fourth-order valence-electron chi connectivity index (χ4n) is 3.33. The number of rotatable bonds is 8. The van der Waals surface area contributed by atoms with E-state index in [9.17, 15) is 14.4 Å². The van der Waals surface area contributed by atoms with Gasteiger partial charge in [0.1, 0.15) is 5.69 Å². The Hall–Kier alpha value is -3.26. The van der Waals surface area contributed by atoms with Gasteiger partial charge in [-0.25, -0.2) is 4.79 Å². The maximum Gasteiger partial charge on any atom is 0.354 e. The van der Waals surface area contributed by atoms with Crippen molar-refractivity contribution in [2.45, 2.75) is 20.3 Å². The second kappa shape index (κ2) is 9.49. The number of aromatic amines is 1. The molecule has 8 heteroatoms. The molecule has 0 atom stereocenters. The summed E-state index contributed by atoms with van der Waals surface area (Å²) in [6.07, 6.45) is 2.23. The molecule has 3 heterocycles. The van der Waals surface area contributed by atoms with Crippen LogP contribution in [-0.2, 0) is 11.2 Å². The number of ether oxygens (including phenoxy) is 1. The van der Waals surface area contributed by atoms with Gasteiger partial charge in [0.25, 0.3) is 5.91 Å². The number of Topliss-reactive ketones (excluding diaryl/α,β-unsaturated/α-hetero) is 1.